The number of aliphatic carboxylic acids is 1. The van der Waals surface area contributed by atoms with Crippen LogP contribution in [-0.2, 0) is 10.2 Å². The molecule has 0 heterocycles. The number of carboxylic acids is 1. The minimum atomic E-state index is -1.71. The fourth-order valence-electron chi connectivity index (χ4n) is 2.12. The minimum absolute atomic E-state index is 0.0513. The van der Waals surface area contributed by atoms with Gasteiger partial charge in [0.2, 0.25) is 0 Å². The topological polar surface area (TPSA) is 57.5 Å². The van der Waals surface area contributed by atoms with Gasteiger partial charge in [-0.25, -0.2) is 13.2 Å². The summed E-state index contributed by atoms with van der Waals surface area (Å²) in [5.74, 6) is -6.85. The number of carboxylic acid groups (broad SMARTS) is 1. The van der Waals surface area contributed by atoms with Gasteiger partial charge in [-0.2, -0.15) is 0 Å². The Balaban J connectivity index is 2.70. The average Bonchev–Trinajstić information content (AvgIpc) is 2.18. The van der Waals surface area contributed by atoms with Crippen molar-refractivity contribution in [3.05, 3.63) is 29.1 Å². The molecule has 0 radical (unpaired) electrons. The fourth-order valence-corrected chi connectivity index (χ4v) is 2.12. The molecule has 1 aromatic carbocycles. The van der Waals surface area contributed by atoms with Gasteiger partial charge in [0, 0.05) is 6.07 Å². The Hall–Kier alpha value is -1.72. The number of rotatable bonds is 2. The Kier molecular flexibility index (Phi) is 2.52. The Bertz CT molecular complexity index is 469. The van der Waals surface area contributed by atoms with Gasteiger partial charge in [-0.1, -0.05) is 6.42 Å². The van der Waals surface area contributed by atoms with Crippen LogP contribution in [0.15, 0.2) is 6.07 Å². The van der Waals surface area contributed by atoms with Gasteiger partial charge in [-0.3, -0.25) is 4.79 Å². The van der Waals surface area contributed by atoms with E-state index in [-0.39, 0.29) is 18.9 Å². The van der Waals surface area contributed by atoms with Crippen molar-refractivity contribution < 1.29 is 28.2 Å². The summed E-state index contributed by atoms with van der Waals surface area (Å²) in [7, 11) is 0. The summed E-state index contributed by atoms with van der Waals surface area (Å²) in [6.07, 6.45) is 0.606. The lowest BCUT2D eigenvalue weighted by molar-refractivity contribution is -0.147. The van der Waals surface area contributed by atoms with Crippen LogP contribution in [0.5, 0.6) is 5.75 Å². The number of benzene rings is 1. The van der Waals surface area contributed by atoms with Crippen molar-refractivity contribution >= 4 is 5.97 Å². The molecule has 0 unspecified atom stereocenters. The van der Waals surface area contributed by atoms with E-state index in [1.807, 2.05) is 0 Å². The largest absolute Gasteiger partial charge is 0.505 e. The highest BCUT2D eigenvalue weighted by molar-refractivity contribution is 5.83. The quantitative estimate of drug-likeness (QED) is 0.787. The third-order valence-electron chi connectivity index (χ3n) is 3.24. The van der Waals surface area contributed by atoms with Crippen LogP contribution >= 0.6 is 0 Å². The number of phenols is 1. The summed E-state index contributed by atoms with van der Waals surface area (Å²) in [5, 5.41) is 18.5. The zero-order valence-corrected chi connectivity index (χ0v) is 8.64. The second kappa shape index (κ2) is 3.65. The third-order valence-corrected chi connectivity index (χ3v) is 3.24. The maximum absolute atomic E-state index is 13.6. The average molecular weight is 246 g/mol. The molecule has 0 bridgehead atoms. The van der Waals surface area contributed by atoms with E-state index in [0.29, 0.717) is 6.42 Å². The molecule has 0 amide bonds. The first kappa shape index (κ1) is 11.8. The number of hydrogen-bond acceptors (Lipinski definition) is 2. The summed E-state index contributed by atoms with van der Waals surface area (Å²) < 4.78 is 39.7. The van der Waals surface area contributed by atoms with Crippen molar-refractivity contribution in [3.63, 3.8) is 0 Å². The van der Waals surface area contributed by atoms with E-state index in [1.54, 1.807) is 0 Å². The molecule has 1 aliphatic rings. The SMILES string of the molecule is O=C(O)C1(c2c(O)c(F)cc(F)c2F)CCC1. The zero-order valence-electron chi connectivity index (χ0n) is 8.64. The van der Waals surface area contributed by atoms with Crippen LogP contribution in [0.1, 0.15) is 24.8 Å². The second-order valence-corrected chi connectivity index (χ2v) is 4.12. The number of halogens is 3. The number of aromatic hydroxyl groups is 1. The standard InChI is InChI=1S/C11H9F3O3/c12-5-4-6(13)9(15)7(8(5)14)11(10(16)17)2-1-3-11/h4,15H,1-3H2,(H,16,17). The Morgan fingerprint density at radius 1 is 1.24 bits per heavy atom. The van der Waals surface area contributed by atoms with Crippen molar-refractivity contribution in [2.75, 3.05) is 0 Å². The highest BCUT2D eigenvalue weighted by Gasteiger charge is 2.50. The molecular weight excluding hydrogens is 237 g/mol. The van der Waals surface area contributed by atoms with Gasteiger partial charge < -0.3 is 10.2 Å². The van der Waals surface area contributed by atoms with Gasteiger partial charge in [0.25, 0.3) is 0 Å². The molecule has 0 spiro atoms. The molecule has 1 aromatic rings. The van der Waals surface area contributed by atoms with E-state index >= 15 is 0 Å². The molecular formula is C11H9F3O3. The minimum Gasteiger partial charge on any atom is -0.505 e. The number of hydrogen-bond donors (Lipinski definition) is 2. The maximum Gasteiger partial charge on any atom is 0.314 e. The molecule has 3 nitrogen and oxygen atoms in total. The first-order chi connectivity index (χ1) is 7.90. The number of carbonyl (C=O) groups is 1. The van der Waals surface area contributed by atoms with E-state index in [4.69, 9.17) is 5.11 Å². The summed E-state index contributed by atoms with van der Waals surface area (Å²) in [4.78, 5) is 11.1. The van der Waals surface area contributed by atoms with Crippen LogP contribution in [0.3, 0.4) is 0 Å². The van der Waals surface area contributed by atoms with E-state index in [2.05, 4.69) is 0 Å². The Morgan fingerprint density at radius 2 is 1.82 bits per heavy atom. The monoisotopic (exact) mass is 246 g/mol. The normalized spacial score (nSPS) is 17.6. The molecule has 0 aliphatic heterocycles. The zero-order chi connectivity index (χ0) is 12.8. The van der Waals surface area contributed by atoms with Crippen LogP contribution in [-0.4, -0.2) is 16.2 Å². The van der Waals surface area contributed by atoms with Crippen LogP contribution < -0.4 is 0 Å². The van der Waals surface area contributed by atoms with Crippen molar-refractivity contribution in [2.24, 2.45) is 0 Å². The summed E-state index contributed by atoms with van der Waals surface area (Å²) in [6, 6.07) is 0.197. The first-order valence-corrected chi connectivity index (χ1v) is 5.00. The maximum atomic E-state index is 13.6. The molecule has 6 heteroatoms. The summed E-state index contributed by atoms with van der Waals surface area (Å²) in [6.45, 7) is 0. The highest BCUT2D eigenvalue weighted by atomic mass is 19.2. The van der Waals surface area contributed by atoms with Crippen LogP contribution in [0.4, 0.5) is 13.2 Å². The molecule has 1 saturated carbocycles. The Labute approximate surface area is 94.5 Å². The van der Waals surface area contributed by atoms with E-state index in [9.17, 15) is 23.1 Å². The highest BCUT2D eigenvalue weighted by Crippen LogP contribution is 2.49. The fraction of sp³-hybridized carbons (Fsp3) is 0.364. The molecule has 1 aliphatic carbocycles. The van der Waals surface area contributed by atoms with Gasteiger partial charge in [0.05, 0.1) is 11.0 Å². The summed E-state index contributed by atoms with van der Waals surface area (Å²) >= 11 is 0. The predicted molar refractivity (Wildman–Crippen MR) is 51.1 cm³/mol. The molecule has 0 atom stereocenters. The van der Waals surface area contributed by atoms with Crippen molar-refractivity contribution in [1.29, 1.82) is 0 Å². The van der Waals surface area contributed by atoms with Crippen LogP contribution in [0.25, 0.3) is 0 Å². The predicted octanol–water partition coefficient (Wildman–Crippen LogP) is 2.32. The van der Waals surface area contributed by atoms with Crippen LogP contribution in [0, 0.1) is 17.5 Å². The van der Waals surface area contributed by atoms with Crippen molar-refractivity contribution in [3.8, 4) is 5.75 Å². The van der Waals surface area contributed by atoms with Gasteiger partial charge in [-0.05, 0) is 12.8 Å². The molecule has 1 fully saturated rings. The third kappa shape index (κ3) is 1.47. The molecule has 17 heavy (non-hydrogen) atoms. The molecule has 0 saturated heterocycles. The lowest BCUT2D eigenvalue weighted by Crippen LogP contribution is -2.43. The molecule has 92 valence electrons. The first-order valence-electron chi connectivity index (χ1n) is 5.00. The molecule has 2 rings (SSSR count). The molecule has 0 aromatic heterocycles. The van der Waals surface area contributed by atoms with E-state index in [0.717, 1.165) is 0 Å². The van der Waals surface area contributed by atoms with Gasteiger partial charge in [0.15, 0.2) is 23.2 Å². The smallest absolute Gasteiger partial charge is 0.314 e. The number of phenolic OH excluding ortho intramolecular Hbond substituents is 1. The molecule has 2 N–H and O–H groups in total. The van der Waals surface area contributed by atoms with Crippen molar-refractivity contribution in [1.82, 2.24) is 0 Å². The van der Waals surface area contributed by atoms with Gasteiger partial charge >= 0.3 is 5.97 Å². The van der Waals surface area contributed by atoms with Gasteiger partial charge in [-0.15, -0.1) is 0 Å². The van der Waals surface area contributed by atoms with Crippen LogP contribution in [0.2, 0.25) is 0 Å². The van der Waals surface area contributed by atoms with E-state index < -0.39 is 40.1 Å². The Morgan fingerprint density at radius 3 is 2.24 bits per heavy atom. The second-order valence-electron chi connectivity index (χ2n) is 4.12. The van der Waals surface area contributed by atoms with Crippen molar-refractivity contribution in [2.45, 2.75) is 24.7 Å². The van der Waals surface area contributed by atoms with E-state index in [1.165, 1.54) is 0 Å². The lowest BCUT2D eigenvalue weighted by Gasteiger charge is -2.38. The lowest BCUT2D eigenvalue weighted by atomic mass is 9.64. The van der Waals surface area contributed by atoms with Gasteiger partial charge in [0.1, 0.15) is 0 Å². The summed E-state index contributed by atoms with van der Waals surface area (Å²) in [5.41, 5.74) is -2.49.